The van der Waals surface area contributed by atoms with E-state index in [1.807, 2.05) is 0 Å². The third-order valence-corrected chi connectivity index (χ3v) is 5.22. The SMILES string of the molecule is CC1=C(C(N)=O)C(c2ccc(Cl)c(Cl)c2)n2nc(-c3ccc(F)cc3)nc2N1. The quantitative estimate of drug-likeness (QED) is 0.669. The van der Waals surface area contributed by atoms with Crippen LogP contribution >= 0.6 is 23.2 Å². The van der Waals surface area contributed by atoms with E-state index in [2.05, 4.69) is 15.4 Å². The molecule has 4 rings (SSSR count). The summed E-state index contributed by atoms with van der Waals surface area (Å²) in [6, 6.07) is 10.3. The van der Waals surface area contributed by atoms with E-state index in [1.54, 1.807) is 41.9 Å². The highest BCUT2D eigenvalue weighted by molar-refractivity contribution is 6.42. The average molecular weight is 418 g/mol. The van der Waals surface area contributed by atoms with Gasteiger partial charge in [0.25, 0.3) is 0 Å². The Morgan fingerprint density at radius 3 is 2.54 bits per heavy atom. The fourth-order valence-electron chi connectivity index (χ4n) is 3.18. The zero-order valence-electron chi connectivity index (χ0n) is 14.6. The van der Waals surface area contributed by atoms with E-state index in [-0.39, 0.29) is 5.82 Å². The average Bonchev–Trinajstić information content (AvgIpc) is 3.06. The Kier molecular flexibility index (Phi) is 4.56. The Hall–Kier alpha value is -2.90. The first-order valence-corrected chi connectivity index (χ1v) is 9.06. The summed E-state index contributed by atoms with van der Waals surface area (Å²) in [5.74, 6) is -0.136. The van der Waals surface area contributed by atoms with Crippen LogP contribution in [0.3, 0.4) is 0 Å². The number of primary amides is 1. The van der Waals surface area contributed by atoms with Gasteiger partial charge in [0.15, 0.2) is 5.82 Å². The molecule has 2 heterocycles. The lowest BCUT2D eigenvalue weighted by Gasteiger charge is -2.27. The fourth-order valence-corrected chi connectivity index (χ4v) is 3.49. The molecule has 28 heavy (non-hydrogen) atoms. The lowest BCUT2D eigenvalue weighted by atomic mass is 9.95. The number of nitrogens with zero attached hydrogens (tertiary/aromatic N) is 3. The molecule has 0 spiro atoms. The first kappa shape index (κ1) is 18.5. The highest BCUT2D eigenvalue weighted by Gasteiger charge is 2.33. The summed E-state index contributed by atoms with van der Waals surface area (Å²) in [6.07, 6.45) is 0. The lowest BCUT2D eigenvalue weighted by molar-refractivity contribution is -0.115. The zero-order valence-corrected chi connectivity index (χ0v) is 16.1. The molecule has 1 aliphatic rings. The van der Waals surface area contributed by atoms with E-state index in [4.69, 9.17) is 28.9 Å². The van der Waals surface area contributed by atoms with E-state index in [0.29, 0.717) is 44.2 Å². The van der Waals surface area contributed by atoms with Gasteiger partial charge in [-0.15, -0.1) is 5.10 Å². The molecule has 0 aliphatic carbocycles. The zero-order chi connectivity index (χ0) is 20.0. The number of halogens is 3. The molecule has 0 radical (unpaired) electrons. The molecular formula is C19H14Cl2FN5O. The van der Waals surface area contributed by atoms with Gasteiger partial charge < -0.3 is 11.1 Å². The molecule has 1 aliphatic heterocycles. The third-order valence-electron chi connectivity index (χ3n) is 4.48. The smallest absolute Gasteiger partial charge is 0.248 e. The first-order valence-electron chi connectivity index (χ1n) is 8.30. The maximum Gasteiger partial charge on any atom is 0.248 e. The molecule has 1 aromatic heterocycles. The molecule has 0 saturated carbocycles. The van der Waals surface area contributed by atoms with Crippen LogP contribution in [-0.4, -0.2) is 20.7 Å². The van der Waals surface area contributed by atoms with Crippen LogP contribution in [0.1, 0.15) is 18.5 Å². The summed E-state index contributed by atoms with van der Waals surface area (Å²) in [5, 5.41) is 8.33. The number of carbonyl (C=O) groups is 1. The number of aromatic nitrogens is 3. The van der Waals surface area contributed by atoms with Gasteiger partial charge in [0.05, 0.1) is 15.6 Å². The summed E-state index contributed by atoms with van der Waals surface area (Å²) < 4.78 is 14.8. The number of carbonyl (C=O) groups excluding carboxylic acids is 1. The molecule has 0 saturated heterocycles. The van der Waals surface area contributed by atoms with Gasteiger partial charge in [0.2, 0.25) is 11.9 Å². The van der Waals surface area contributed by atoms with Crippen LogP contribution < -0.4 is 11.1 Å². The number of amides is 1. The summed E-state index contributed by atoms with van der Waals surface area (Å²) in [6.45, 7) is 1.74. The number of benzene rings is 2. The van der Waals surface area contributed by atoms with Gasteiger partial charge in [-0.05, 0) is 48.9 Å². The number of allylic oxidation sites excluding steroid dienone is 1. The molecule has 1 atom stereocenters. The Morgan fingerprint density at radius 1 is 1.18 bits per heavy atom. The second-order valence-electron chi connectivity index (χ2n) is 6.31. The van der Waals surface area contributed by atoms with E-state index >= 15 is 0 Å². The van der Waals surface area contributed by atoms with Crippen LogP contribution in [0.15, 0.2) is 53.7 Å². The van der Waals surface area contributed by atoms with E-state index in [9.17, 15) is 9.18 Å². The van der Waals surface area contributed by atoms with Crippen LogP contribution in [0.5, 0.6) is 0 Å². The summed E-state index contributed by atoms with van der Waals surface area (Å²) in [5.41, 5.74) is 7.86. The Bertz CT molecular complexity index is 1120. The summed E-state index contributed by atoms with van der Waals surface area (Å²) in [4.78, 5) is 16.7. The summed E-state index contributed by atoms with van der Waals surface area (Å²) >= 11 is 12.2. The standard InChI is InChI=1S/C19H14Cl2FN5O/c1-9-15(17(23)28)16(11-4-7-13(20)14(21)8-11)27-19(24-9)25-18(26-27)10-2-5-12(22)6-3-10/h2-8,16H,1H3,(H2,23,28)(H,24,25,26). The number of hydrogen-bond donors (Lipinski definition) is 2. The number of anilines is 1. The van der Waals surface area contributed by atoms with Crippen LogP contribution in [0.2, 0.25) is 10.0 Å². The van der Waals surface area contributed by atoms with Crippen molar-refractivity contribution in [2.45, 2.75) is 13.0 Å². The Labute approximate surface area is 169 Å². The van der Waals surface area contributed by atoms with Crippen molar-refractivity contribution in [1.29, 1.82) is 0 Å². The monoisotopic (exact) mass is 417 g/mol. The normalized spacial score (nSPS) is 15.9. The minimum Gasteiger partial charge on any atom is -0.366 e. The molecular weight excluding hydrogens is 404 g/mol. The van der Waals surface area contributed by atoms with Gasteiger partial charge in [-0.1, -0.05) is 29.3 Å². The van der Waals surface area contributed by atoms with Crippen molar-refractivity contribution < 1.29 is 9.18 Å². The predicted octanol–water partition coefficient (Wildman–Crippen LogP) is 4.17. The number of hydrogen-bond acceptors (Lipinski definition) is 4. The molecule has 3 N–H and O–H groups in total. The number of nitrogens with one attached hydrogen (secondary N) is 1. The fraction of sp³-hybridized carbons (Fsp3) is 0.105. The van der Waals surface area contributed by atoms with Gasteiger partial charge in [0.1, 0.15) is 11.9 Å². The third kappa shape index (κ3) is 3.12. The van der Waals surface area contributed by atoms with Crippen molar-refractivity contribution in [2.24, 2.45) is 5.73 Å². The minimum absolute atomic E-state index is 0.335. The van der Waals surface area contributed by atoms with Gasteiger partial charge in [-0.3, -0.25) is 4.79 Å². The van der Waals surface area contributed by atoms with Crippen molar-refractivity contribution in [3.8, 4) is 11.4 Å². The molecule has 1 amide bonds. The first-order chi connectivity index (χ1) is 13.3. The molecule has 2 aromatic carbocycles. The Balaban J connectivity index is 1.88. The number of rotatable bonds is 3. The highest BCUT2D eigenvalue weighted by Crippen LogP contribution is 2.37. The van der Waals surface area contributed by atoms with Crippen molar-refractivity contribution in [2.75, 3.05) is 5.32 Å². The maximum atomic E-state index is 13.2. The Morgan fingerprint density at radius 2 is 1.89 bits per heavy atom. The van der Waals surface area contributed by atoms with Gasteiger partial charge >= 0.3 is 0 Å². The molecule has 1 unspecified atom stereocenters. The van der Waals surface area contributed by atoms with E-state index < -0.39 is 11.9 Å². The van der Waals surface area contributed by atoms with E-state index in [0.717, 1.165) is 0 Å². The molecule has 6 nitrogen and oxygen atoms in total. The number of nitrogens with two attached hydrogens (primary N) is 1. The van der Waals surface area contributed by atoms with Crippen LogP contribution in [-0.2, 0) is 4.79 Å². The summed E-state index contributed by atoms with van der Waals surface area (Å²) in [7, 11) is 0. The number of fused-ring (bicyclic) bond motifs is 1. The molecule has 0 bridgehead atoms. The molecule has 0 fully saturated rings. The van der Waals surface area contributed by atoms with Gasteiger partial charge in [-0.25, -0.2) is 9.07 Å². The second-order valence-corrected chi connectivity index (χ2v) is 7.13. The maximum absolute atomic E-state index is 13.2. The van der Waals surface area contributed by atoms with Crippen molar-refractivity contribution >= 4 is 35.1 Å². The largest absolute Gasteiger partial charge is 0.366 e. The van der Waals surface area contributed by atoms with Crippen molar-refractivity contribution in [1.82, 2.24) is 14.8 Å². The molecule has 142 valence electrons. The second kappa shape index (κ2) is 6.92. The predicted molar refractivity (Wildman–Crippen MR) is 106 cm³/mol. The van der Waals surface area contributed by atoms with Crippen LogP contribution in [0.25, 0.3) is 11.4 Å². The van der Waals surface area contributed by atoms with Crippen LogP contribution in [0.4, 0.5) is 10.3 Å². The highest BCUT2D eigenvalue weighted by atomic mass is 35.5. The van der Waals surface area contributed by atoms with Crippen molar-refractivity contribution in [3.63, 3.8) is 0 Å². The minimum atomic E-state index is -0.634. The van der Waals surface area contributed by atoms with E-state index in [1.165, 1.54) is 12.1 Å². The lowest BCUT2D eigenvalue weighted by Crippen LogP contribution is -2.31. The van der Waals surface area contributed by atoms with Gasteiger partial charge in [-0.2, -0.15) is 4.98 Å². The van der Waals surface area contributed by atoms with Crippen LogP contribution in [0, 0.1) is 5.82 Å². The molecule has 3 aromatic rings. The topological polar surface area (TPSA) is 85.8 Å². The molecule has 9 heteroatoms. The van der Waals surface area contributed by atoms with Crippen molar-refractivity contribution in [3.05, 3.63) is 75.2 Å². The van der Waals surface area contributed by atoms with Gasteiger partial charge in [0, 0.05) is 11.3 Å².